The molecule has 0 saturated heterocycles. The van der Waals surface area contributed by atoms with Crippen LogP contribution in [0.3, 0.4) is 0 Å². The predicted molar refractivity (Wildman–Crippen MR) is 75.9 cm³/mol. The average molecular weight is 258 g/mol. The van der Waals surface area contributed by atoms with E-state index in [0.29, 0.717) is 6.54 Å². The van der Waals surface area contributed by atoms with Crippen LogP contribution in [-0.2, 0) is 19.6 Å². The van der Waals surface area contributed by atoms with Crippen molar-refractivity contribution in [3.05, 3.63) is 71.0 Å². The number of rotatable bonds is 5. The SMILES string of the molecule is CN(Cc1ccc(CN)cc1)Cc1cccc(F)c1. The second-order valence-electron chi connectivity index (χ2n) is 4.82. The molecule has 0 heterocycles. The number of hydrogen-bond acceptors (Lipinski definition) is 2. The summed E-state index contributed by atoms with van der Waals surface area (Å²) in [6.07, 6.45) is 0. The van der Waals surface area contributed by atoms with Gasteiger partial charge in [0.1, 0.15) is 5.82 Å². The smallest absolute Gasteiger partial charge is 0.123 e. The van der Waals surface area contributed by atoms with Gasteiger partial charge < -0.3 is 5.73 Å². The predicted octanol–water partition coefficient (Wildman–Crippen LogP) is 2.92. The molecule has 0 radical (unpaired) electrons. The first-order valence-corrected chi connectivity index (χ1v) is 6.38. The fraction of sp³-hybridized carbons (Fsp3) is 0.250. The Morgan fingerprint density at radius 2 is 1.58 bits per heavy atom. The fourth-order valence-corrected chi connectivity index (χ4v) is 2.10. The minimum Gasteiger partial charge on any atom is -0.326 e. The standard InChI is InChI=1S/C16H19FN2/c1-19(12-15-3-2-4-16(17)9-15)11-14-7-5-13(10-18)6-8-14/h2-9H,10-12,18H2,1H3. The van der Waals surface area contributed by atoms with E-state index in [1.54, 1.807) is 12.1 Å². The van der Waals surface area contributed by atoms with E-state index in [9.17, 15) is 4.39 Å². The number of nitrogens with zero attached hydrogens (tertiary/aromatic N) is 1. The summed E-state index contributed by atoms with van der Waals surface area (Å²) in [7, 11) is 2.03. The van der Waals surface area contributed by atoms with Crippen LogP contribution in [0.15, 0.2) is 48.5 Å². The summed E-state index contributed by atoms with van der Waals surface area (Å²) in [5.41, 5.74) is 8.93. The van der Waals surface area contributed by atoms with E-state index < -0.39 is 0 Å². The van der Waals surface area contributed by atoms with Gasteiger partial charge in [0.25, 0.3) is 0 Å². The van der Waals surface area contributed by atoms with E-state index in [1.165, 1.54) is 11.6 Å². The van der Waals surface area contributed by atoms with Gasteiger partial charge in [0.2, 0.25) is 0 Å². The number of benzene rings is 2. The molecule has 0 fully saturated rings. The highest BCUT2D eigenvalue weighted by atomic mass is 19.1. The summed E-state index contributed by atoms with van der Waals surface area (Å²) in [4.78, 5) is 2.16. The highest BCUT2D eigenvalue weighted by molar-refractivity contribution is 5.22. The molecule has 19 heavy (non-hydrogen) atoms. The largest absolute Gasteiger partial charge is 0.326 e. The van der Waals surface area contributed by atoms with Crippen LogP contribution in [0, 0.1) is 5.82 Å². The maximum atomic E-state index is 13.1. The van der Waals surface area contributed by atoms with Gasteiger partial charge in [0.15, 0.2) is 0 Å². The van der Waals surface area contributed by atoms with Crippen LogP contribution < -0.4 is 5.73 Å². The van der Waals surface area contributed by atoms with Gasteiger partial charge in [-0.05, 0) is 35.9 Å². The number of nitrogens with two attached hydrogens (primary N) is 1. The summed E-state index contributed by atoms with van der Waals surface area (Å²) in [6.45, 7) is 2.14. The quantitative estimate of drug-likeness (QED) is 0.893. The van der Waals surface area contributed by atoms with Crippen LogP contribution in [-0.4, -0.2) is 11.9 Å². The van der Waals surface area contributed by atoms with Crippen LogP contribution in [0.5, 0.6) is 0 Å². The summed E-state index contributed by atoms with van der Waals surface area (Å²) in [6, 6.07) is 15.0. The van der Waals surface area contributed by atoms with Gasteiger partial charge in [0.05, 0.1) is 0 Å². The van der Waals surface area contributed by atoms with Crippen molar-refractivity contribution in [2.24, 2.45) is 5.73 Å². The first-order chi connectivity index (χ1) is 9.17. The first kappa shape index (κ1) is 13.7. The van der Waals surface area contributed by atoms with Gasteiger partial charge in [0, 0.05) is 19.6 Å². The van der Waals surface area contributed by atoms with Gasteiger partial charge in [-0.2, -0.15) is 0 Å². The van der Waals surface area contributed by atoms with Crippen molar-refractivity contribution in [3.63, 3.8) is 0 Å². The Morgan fingerprint density at radius 3 is 2.21 bits per heavy atom. The zero-order valence-corrected chi connectivity index (χ0v) is 11.1. The Kier molecular flexibility index (Phi) is 4.66. The third-order valence-electron chi connectivity index (χ3n) is 3.05. The van der Waals surface area contributed by atoms with Gasteiger partial charge in [-0.15, -0.1) is 0 Å². The van der Waals surface area contributed by atoms with Crippen LogP contribution in [0.1, 0.15) is 16.7 Å². The monoisotopic (exact) mass is 258 g/mol. The highest BCUT2D eigenvalue weighted by Crippen LogP contribution is 2.10. The normalized spacial score (nSPS) is 10.9. The van der Waals surface area contributed by atoms with Gasteiger partial charge in [-0.3, -0.25) is 4.90 Å². The van der Waals surface area contributed by atoms with Gasteiger partial charge >= 0.3 is 0 Å². The first-order valence-electron chi connectivity index (χ1n) is 6.38. The minimum absolute atomic E-state index is 0.182. The summed E-state index contributed by atoms with van der Waals surface area (Å²) >= 11 is 0. The lowest BCUT2D eigenvalue weighted by Crippen LogP contribution is -2.17. The van der Waals surface area contributed by atoms with Crippen LogP contribution in [0.25, 0.3) is 0 Å². The second-order valence-corrected chi connectivity index (χ2v) is 4.82. The van der Waals surface area contributed by atoms with Crippen LogP contribution >= 0.6 is 0 Å². The Morgan fingerprint density at radius 1 is 0.947 bits per heavy atom. The lowest BCUT2D eigenvalue weighted by Gasteiger charge is -2.17. The molecule has 2 N–H and O–H groups in total. The lowest BCUT2D eigenvalue weighted by atomic mass is 10.1. The summed E-state index contributed by atoms with van der Waals surface area (Å²) in [5.74, 6) is -0.182. The molecule has 100 valence electrons. The van der Waals surface area contributed by atoms with E-state index in [0.717, 1.165) is 24.2 Å². The van der Waals surface area contributed by atoms with Crippen molar-refractivity contribution in [3.8, 4) is 0 Å². The van der Waals surface area contributed by atoms with Crippen LogP contribution in [0.4, 0.5) is 4.39 Å². The molecule has 0 saturated carbocycles. The van der Waals surface area contributed by atoms with Crippen LogP contribution in [0.2, 0.25) is 0 Å². The molecule has 3 heteroatoms. The summed E-state index contributed by atoms with van der Waals surface area (Å²) < 4.78 is 13.1. The number of halogens is 1. The van der Waals surface area contributed by atoms with Crippen molar-refractivity contribution in [2.75, 3.05) is 7.05 Å². The molecular weight excluding hydrogens is 239 g/mol. The molecule has 0 spiro atoms. The molecule has 2 aromatic rings. The Labute approximate surface area is 113 Å². The van der Waals surface area contributed by atoms with Crippen molar-refractivity contribution in [1.82, 2.24) is 4.90 Å². The van der Waals surface area contributed by atoms with Gasteiger partial charge in [-0.25, -0.2) is 4.39 Å². The van der Waals surface area contributed by atoms with Crippen molar-refractivity contribution >= 4 is 0 Å². The molecule has 0 atom stereocenters. The maximum Gasteiger partial charge on any atom is 0.123 e. The molecule has 0 aliphatic carbocycles. The van der Waals surface area contributed by atoms with E-state index >= 15 is 0 Å². The van der Waals surface area contributed by atoms with Crippen molar-refractivity contribution < 1.29 is 4.39 Å². The molecular formula is C16H19FN2. The molecule has 2 aromatic carbocycles. The van der Waals surface area contributed by atoms with E-state index in [4.69, 9.17) is 5.73 Å². The highest BCUT2D eigenvalue weighted by Gasteiger charge is 2.03. The van der Waals surface area contributed by atoms with E-state index in [1.807, 2.05) is 25.2 Å². The number of hydrogen-bond donors (Lipinski definition) is 1. The maximum absolute atomic E-state index is 13.1. The molecule has 0 aliphatic heterocycles. The molecule has 0 unspecified atom stereocenters. The van der Waals surface area contributed by atoms with Crippen molar-refractivity contribution in [2.45, 2.75) is 19.6 Å². The Balaban J connectivity index is 1.95. The average Bonchev–Trinajstić information content (AvgIpc) is 2.39. The van der Waals surface area contributed by atoms with Crippen molar-refractivity contribution in [1.29, 1.82) is 0 Å². The summed E-state index contributed by atoms with van der Waals surface area (Å²) in [5, 5.41) is 0. The fourth-order valence-electron chi connectivity index (χ4n) is 2.10. The molecule has 2 nitrogen and oxygen atoms in total. The molecule has 0 aromatic heterocycles. The molecule has 2 rings (SSSR count). The van der Waals surface area contributed by atoms with E-state index in [2.05, 4.69) is 17.0 Å². The zero-order valence-electron chi connectivity index (χ0n) is 11.1. The lowest BCUT2D eigenvalue weighted by molar-refractivity contribution is 0.318. The Bertz CT molecular complexity index is 523. The molecule has 0 aliphatic rings. The third kappa shape index (κ3) is 4.16. The van der Waals surface area contributed by atoms with Gasteiger partial charge in [-0.1, -0.05) is 36.4 Å². The molecule has 0 amide bonds. The second kappa shape index (κ2) is 6.45. The Hall–Kier alpha value is -1.71. The van der Waals surface area contributed by atoms with E-state index in [-0.39, 0.29) is 5.82 Å². The topological polar surface area (TPSA) is 29.3 Å². The molecule has 0 bridgehead atoms. The zero-order chi connectivity index (χ0) is 13.7. The minimum atomic E-state index is -0.182. The third-order valence-corrected chi connectivity index (χ3v) is 3.05.